The summed E-state index contributed by atoms with van der Waals surface area (Å²) in [6.45, 7) is 5.23. The number of amides is 1. The van der Waals surface area contributed by atoms with Crippen LogP contribution in [-0.2, 0) is 22.7 Å². The van der Waals surface area contributed by atoms with E-state index in [0.717, 1.165) is 30.8 Å². The number of hydrogen-bond acceptors (Lipinski definition) is 5. The molecule has 0 unspecified atom stereocenters. The normalized spacial score (nSPS) is 22.9. The summed E-state index contributed by atoms with van der Waals surface area (Å²) >= 11 is 0. The molecule has 4 rings (SSSR count). The van der Waals surface area contributed by atoms with E-state index in [1.54, 1.807) is 6.20 Å². The van der Waals surface area contributed by atoms with Crippen molar-refractivity contribution < 1.29 is 9.53 Å². The first-order valence-corrected chi connectivity index (χ1v) is 8.75. The Kier molecular flexibility index (Phi) is 4.50. The lowest BCUT2D eigenvalue weighted by atomic mass is 10.0. The Morgan fingerprint density at radius 2 is 2.28 bits per heavy atom. The Bertz CT molecular complexity index is 759. The van der Waals surface area contributed by atoms with Crippen LogP contribution < -0.4 is 5.32 Å². The summed E-state index contributed by atoms with van der Waals surface area (Å²) in [4.78, 5) is 14.5. The number of piperidine rings is 1. The predicted octanol–water partition coefficient (Wildman–Crippen LogP) is 1.05. The number of hydrogen-bond donors (Lipinski definition) is 1. The van der Waals surface area contributed by atoms with Crippen LogP contribution in [0.2, 0.25) is 0 Å². The number of carbonyl (C=O) groups excluding carboxylic acids is 1. The van der Waals surface area contributed by atoms with Crippen LogP contribution in [0.25, 0.3) is 0 Å². The van der Waals surface area contributed by atoms with E-state index in [2.05, 4.69) is 33.5 Å². The number of fused-ring (bicyclic) bond motifs is 3. The van der Waals surface area contributed by atoms with Crippen molar-refractivity contribution in [3.63, 3.8) is 0 Å². The van der Waals surface area contributed by atoms with Gasteiger partial charge < -0.3 is 10.1 Å². The summed E-state index contributed by atoms with van der Waals surface area (Å²) in [5, 5.41) is 11.2. The molecule has 3 heterocycles. The first-order valence-electron chi connectivity index (χ1n) is 8.75. The fourth-order valence-electron chi connectivity index (χ4n) is 3.65. The lowest BCUT2D eigenvalue weighted by Gasteiger charge is -2.40. The standard InChI is InChI=1S/C18H23N5O2/c1-13-4-2-3-5-14(13)8-19-18(24)11-22-7-6-17-16(10-22)23-15(12-25-17)9-20-21-23/h2-5,9,16-17H,6-8,10-12H2,1H3,(H,19,24)/t16-,17+/m0/s1. The van der Waals surface area contributed by atoms with Gasteiger partial charge >= 0.3 is 0 Å². The third-order valence-corrected chi connectivity index (χ3v) is 5.12. The smallest absolute Gasteiger partial charge is 0.234 e. The zero-order valence-corrected chi connectivity index (χ0v) is 14.4. The average molecular weight is 341 g/mol. The Morgan fingerprint density at radius 3 is 3.16 bits per heavy atom. The topological polar surface area (TPSA) is 72.3 Å². The van der Waals surface area contributed by atoms with E-state index in [4.69, 9.17) is 4.74 Å². The van der Waals surface area contributed by atoms with Gasteiger partial charge in [-0.15, -0.1) is 5.10 Å². The van der Waals surface area contributed by atoms with E-state index in [0.29, 0.717) is 19.7 Å². The molecule has 1 fully saturated rings. The number of benzene rings is 1. The van der Waals surface area contributed by atoms with Gasteiger partial charge in [-0.25, -0.2) is 4.68 Å². The molecule has 1 saturated heterocycles. The summed E-state index contributed by atoms with van der Waals surface area (Å²) < 4.78 is 7.87. The van der Waals surface area contributed by atoms with Gasteiger partial charge in [0.1, 0.15) is 0 Å². The van der Waals surface area contributed by atoms with Gasteiger partial charge in [0.25, 0.3) is 0 Å². The zero-order valence-electron chi connectivity index (χ0n) is 14.4. The van der Waals surface area contributed by atoms with Gasteiger partial charge in [0.2, 0.25) is 5.91 Å². The van der Waals surface area contributed by atoms with Gasteiger partial charge in [0.05, 0.1) is 37.2 Å². The molecule has 2 aliphatic heterocycles. The van der Waals surface area contributed by atoms with E-state index < -0.39 is 0 Å². The monoisotopic (exact) mass is 341 g/mol. The van der Waals surface area contributed by atoms with E-state index in [1.807, 2.05) is 22.9 Å². The molecule has 25 heavy (non-hydrogen) atoms. The molecule has 0 saturated carbocycles. The molecule has 7 heteroatoms. The minimum Gasteiger partial charge on any atom is -0.370 e. The molecule has 2 aromatic rings. The van der Waals surface area contributed by atoms with Gasteiger partial charge in [0, 0.05) is 19.6 Å². The van der Waals surface area contributed by atoms with Crippen LogP contribution in [0.5, 0.6) is 0 Å². The maximum atomic E-state index is 12.3. The van der Waals surface area contributed by atoms with Crippen molar-refractivity contribution in [1.29, 1.82) is 0 Å². The fraction of sp³-hybridized carbons (Fsp3) is 0.500. The van der Waals surface area contributed by atoms with Crippen molar-refractivity contribution in [2.24, 2.45) is 0 Å². The molecular formula is C18H23N5O2. The molecule has 0 spiro atoms. The van der Waals surface area contributed by atoms with E-state index in [1.165, 1.54) is 5.56 Å². The SMILES string of the molecule is Cc1ccccc1CNC(=O)CN1CC[C@H]2OCc3cnnn3[C@H]2C1. The number of nitrogens with zero attached hydrogens (tertiary/aromatic N) is 4. The third-order valence-electron chi connectivity index (χ3n) is 5.12. The van der Waals surface area contributed by atoms with Crippen LogP contribution in [0.1, 0.15) is 29.3 Å². The highest BCUT2D eigenvalue weighted by molar-refractivity contribution is 5.78. The Hall–Kier alpha value is -2.25. The number of rotatable bonds is 4. The van der Waals surface area contributed by atoms with Crippen molar-refractivity contribution in [3.8, 4) is 0 Å². The molecule has 1 amide bonds. The van der Waals surface area contributed by atoms with Crippen LogP contribution in [0.4, 0.5) is 0 Å². The van der Waals surface area contributed by atoms with Crippen molar-refractivity contribution in [2.75, 3.05) is 19.6 Å². The summed E-state index contributed by atoms with van der Waals surface area (Å²) in [7, 11) is 0. The first-order chi connectivity index (χ1) is 12.2. The number of likely N-dealkylation sites (tertiary alicyclic amines) is 1. The number of nitrogens with one attached hydrogen (secondary N) is 1. The van der Waals surface area contributed by atoms with Crippen molar-refractivity contribution in [3.05, 3.63) is 47.3 Å². The molecule has 132 valence electrons. The van der Waals surface area contributed by atoms with E-state index in [-0.39, 0.29) is 18.1 Å². The molecule has 2 aliphatic rings. The summed E-state index contributed by atoms with van der Waals surface area (Å²) in [5.74, 6) is 0.0530. The number of ether oxygens (including phenoxy) is 1. The molecule has 1 aromatic carbocycles. The molecular weight excluding hydrogens is 318 g/mol. The Balaban J connectivity index is 1.33. The highest BCUT2D eigenvalue weighted by Crippen LogP contribution is 2.29. The molecule has 7 nitrogen and oxygen atoms in total. The van der Waals surface area contributed by atoms with Crippen LogP contribution in [0.3, 0.4) is 0 Å². The van der Waals surface area contributed by atoms with Gasteiger partial charge in [-0.05, 0) is 24.5 Å². The largest absolute Gasteiger partial charge is 0.370 e. The third kappa shape index (κ3) is 3.43. The molecule has 1 N–H and O–H groups in total. The van der Waals surface area contributed by atoms with Gasteiger partial charge in [-0.3, -0.25) is 9.69 Å². The van der Waals surface area contributed by atoms with Crippen molar-refractivity contribution in [2.45, 2.75) is 38.6 Å². The predicted molar refractivity (Wildman–Crippen MR) is 91.7 cm³/mol. The molecule has 1 aromatic heterocycles. The van der Waals surface area contributed by atoms with Crippen molar-refractivity contribution in [1.82, 2.24) is 25.2 Å². The fourth-order valence-corrected chi connectivity index (χ4v) is 3.65. The van der Waals surface area contributed by atoms with Crippen LogP contribution in [0, 0.1) is 6.92 Å². The highest BCUT2D eigenvalue weighted by atomic mass is 16.5. The molecule has 0 bridgehead atoms. The first kappa shape index (κ1) is 16.2. The van der Waals surface area contributed by atoms with Gasteiger partial charge in [-0.2, -0.15) is 0 Å². The zero-order chi connectivity index (χ0) is 17.2. The van der Waals surface area contributed by atoms with Crippen LogP contribution in [-0.4, -0.2) is 51.5 Å². The number of carbonyl (C=O) groups is 1. The van der Waals surface area contributed by atoms with Crippen LogP contribution in [0.15, 0.2) is 30.5 Å². The average Bonchev–Trinajstić information content (AvgIpc) is 3.10. The van der Waals surface area contributed by atoms with E-state index >= 15 is 0 Å². The number of aryl methyl sites for hydroxylation is 1. The maximum Gasteiger partial charge on any atom is 0.234 e. The summed E-state index contributed by atoms with van der Waals surface area (Å²) in [6, 6.07) is 8.26. The lowest BCUT2D eigenvalue weighted by Crippen LogP contribution is -2.50. The summed E-state index contributed by atoms with van der Waals surface area (Å²) in [5.41, 5.74) is 3.36. The van der Waals surface area contributed by atoms with Gasteiger partial charge in [-0.1, -0.05) is 29.5 Å². The minimum atomic E-state index is 0.0530. The Morgan fingerprint density at radius 1 is 1.40 bits per heavy atom. The minimum absolute atomic E-state index is 0.0530. The van der Waals surface area contributed by atoms with Crippen molar-refractivity contribution >= 4 is 5.91 Å². The molecule has 2 atom stereocenters. The number of aromatic nitrogens is 3. The highest BCUT2D eigenvalue weighted by Gasteiger charge is 2.36. The second-order valence-electron chi connectivity index (χ2n) is 6.81. The quantitative estimate of drug-likeness (QED) is 0.900. The maximum absolute atomic E-state index is 12.3. The van der Waals surface area contributed by atoms with Crippen LogP contribution >= 0.6 is 0 Å². The summed E-state index contributed by atoms with van der Waals surface area (Å²) in [6.07, 6.45) is 2.83. The van der Waals surface area contributed by atoms with E-state index in [9.17, 15) is 4.79 Å². The van der Waals surface area contributed by atoms with Gasteiger partial charge in [0.15, 0.2) is 0 Å². The lowest BCUT2D eigenvalue weighted by molar-refractivity contribution is -0.124. The second-order valence-corrected chi connectivity index (χ2v) is 6.81. The molecule has 0 radical (unpaired) electrons. The second kappa shape index (κ2) is 6.93. The molecule has 0 aliphatic carbocycles. The Labute approximate surface area is 147 Å².